The molecule has 146 valence electrons. The van der Waals surface area contributed by atoms with Crippen LogP contribution in [-0.4, -0.2) is 41.6 Å². The molecule has 0 aliphatic heterocycles. The van der Waals surface area contributed by atoms with E-state index < -0.39 is 5.76 Å². The molecular formula is C20H26FN3O3. The van der Waals surface area contributed by atoms with E-state index in [0.29, 0.717) is 23.9 Å². The van der Waals surface area contributed by atoms with Crippen molar-refractivity contribution in [2.24, 2.45) is 0 Å². The Labute approximate surface area is 158 Å². The number of amides is 1. The normalized spacial score (nSPS) is 15.2. The van der Waals surface area contributed by atoms with Crippen LogP contribution < -0.4 is 11.1 Å². The Balaban J connectivity index is 1.49. The van der Waals surface area contributed by atoms with E-state index in [1.165, 1.54) is 67.1 Å². The third kappa shape index (κ3) is 5.29. The van der Waals surface area contributed by atoms with E-state index in [9.17, 15) is 14.0 Å². The second kappa shape index (κ2) is 8.99. The second-order valence-corrected chi connectivity index (χ2v) is 7.12. The first kappa shape index (κ1) is 19.4. The fourth-order valence-electron chi connectivity index (χ4n) is 3.52. The highest BCUT2D eigenvalue weighted by molar-refractivity contribution is 5.75. The monoisotopic (exact) mass is 375 g/mol. The minimum Gasteiger partial charge on any atom is -0.408 e. The number of carbonyl (C=O) groups excluding carboxylic acids is 1. The van der Waals surface area contributed by atoms with Crippen LogP contribution in [-0.2, 0) is 11.3 Å². The maximum Gasteiger partial charge on any atom is 0.419 e. The third-order valence-electron chi connectivity index (χ3n) is 5.13. The maximum absolute atomic E-state index is 13.0. The highest BCUT2D eigenvalue weighted by Crippen LogP contribution is 2.21. The first-order chi connectivity index (χ1) is 13.0. The summed E-state index contributed by atoms with van der Waals surface area (Å²) in [6.45, 7) is 1.23. The highest BCUT2D eigenvalue weighted by atomic mass is 19.1. The molecule has 1 aromatic heterocycles. The van der Waals surface area contributed by atoms with E-state index in [1.807, 2.05) is 0 Å². The van der Waals surface area contributed by atoms with Gasteiger partial charge in [0.1, 0.15) is 12.4 Å². The van der Waals surface area contributed by atoms with Crippen molar-refractivity contribution in [1.82, 2.24) is 14.8 Å². The van der Waals surface area contributed by atoms with Gasteiger partial charge in [-0.15, -0.1) is 0 Å². The van der Waals surface area contributed by atoms with Gasteiger partial charge in [0.25, 0.3) is 0 Å². The van der Waals surface area contributed by atoms with Gasteiger partial charge in [0.05, 0.1) is 6.20 Å². The summed E-state index contributed by atoms with van der Waals surface area (Å²) < 4.78 is 19.4. The lowest BCUT2D eigenvalue weighted by Gasteiger charge is -2.31. The predicted octanol–water partition coefficient (Wildman–Crippen LogP) is 2.63. The van der Waals surface area contributed by atoms with Crippen molar-refractivity contribution in [1.29, 1.82) is 0 Å². The fourth-order valence-corrected chi connectivity index (χ4v) is 3.52. The van der Waals surface area contributed by atoms with Crippen LogP contribution in [0.2, 0.25) is 0 Å². The van der Waals surface area contributed by atoms with E-state index in [-0.39, 0.29) is 18.3 Å². The van der Waals surface area contributed by atoms with Crippen LogP contribution in [0.1, 0.15) is 32.1 Å². The molecule has 0 spiro atoms. The van der Waals surface area contributed by atoms with Crippen molar-refractivity contribution in [2.45, 2.75) is 44.7 Å². The summed E-state index contributed by atoms with van der Waals surface area (Å²) in [5, 5.41) is 2.85. The number of halogens is 1. The molecule has 0 radical (unpaired) electrons. The van der Waals surface area contributed by atoms with Gasteiger partial charge in [-0.3, -0.25) is 9.36 Å². The van der Waals surface area contributed by atoms with E-state index in [4.69, 9.17) is 4.42 Å². The lowest BCUT2D eigenvalue weighted by Crippen LogP contribution is -2.40. The molecule has 1 aromatic carbocycles. The molecule has 0 atom stereocenters. The topological polar surface area (TPSA) is 67.5 Å². The molecule has 2 aromatic rings. The zero-order valence-corrected chi connectivity index (χ0v) is 15.6. The largest absolute Gasteiger partial charge is 0.419 e. The predicted molar refractivity (Wildman–Crippen MR) is 101 cm³/mol. The van der Waals surface area contributed by atoms with Gasteiger partial charge in [-0.05, 0) is 44.2 Å². The van der Waals surface area contributed by atoms with Gasteiger partial charge in [-0.2, -0.15) is 0 Å². The quantitative estimate of drug-likeness (QED) is 0.808. The van der Waals surface area contributed by atoms with Crippen molar-refractivity contribution >= 4 is 5.91 Å². The van der Waals surface area contributed by atoms with Crippen LogP contribution in [0.15, 0.2) is 39.7 Å². The molecule has 0 bridgehead atoms. The number of nitrogens with zero attached hydrogens (tertiary/aromatic N) is 2. The zero-order valence-electron chi connectivity index (χ0n) is 15.6. The average Bonchev–Trinajstić information content (AvgIpc) is 3.03. The molecule has 0 unspecified atom stereocenters. The lowest BCUT2D eigenvalue weighted by atomic mass is 9.94. The Morgan fingerprint density at radius 3 is 2.67 bits per heavy atom. The Kier molecular flexibility index (Phi) is 6.45. The smallest absolute Gasteiger partial charge is 0.408 e. The minimum absolute atomic E-state index is 0.101. The number of rotatable bonds is 7. The fraction of sp³-hybridized carbons (Fsp3) is 0.500. The zero-order chi connectivity index (χ0) is 19.2. The molecule has 6 nitrogen and oxygen atoms in total. The van der Waals surface area contributed by atoms with Gasteiger partial charge in [-0.25, -0.2) is 9.18 Å². The highest BCUT2D eigenvalue weighted by Gasteiger charge is 2.18. The van der Waals surface area contributed by atoms with Crippen molar-refractivity contribution in [2.75, 3.05) is 20.1 Å². The average molecular weight is 375 g/mol. The Morgan fingerprint density at radius 1 is 1.26 bits per heavy atom. The van der Waals surface area contributed by atoms with Crippen LogP contribution in [0.4, 0.5) is 4.39 Å². The summed E-state index contributed by atoms with van der Waals surface area (Å²) in [6.07, 6.45) is 7.80. The molecule has 1 heterocycles. The van der Waals surface area contributed by atoms with Crippen molar-refractivity contribution in [3.63, 3.8) is 0 Å². The summed E-state index contributed by atoms with van der Waals surface area (Å²) in [7, 11) is 2.09. The number of carbonyl (C=O) groups is 1. The molecule has 1 fully saturated rings. The first-order valence-corrected chi connectivity index (χ1v) is 9.46. The standard InChI is InChI=1S/C20H26FN3O3/c1-23(17-5-3-2-4-6-17)12-11-22-19(25)14-24-13-18(27-20(24)26)15-7-9-16(21)10-8-15/h7-10,13,17H,2-6,11-12,14H2,1H3,(H,22,25). The van der Waals surface area contributed by atoms with Gasteiger partial charge in [-0.1, -0.05) is 19.3 Å². The molecule has 3 rings (SSSR count). The van der Waals surface area contributed by atoms with Gasteiger partial charge in [0.15, 0.2) is 5.76 Å². The molecule has 1 N–H and O–H groups in total. The minimum atomic E-state index is -0.608. The molecule has 1 aliphatic carbocycles. The molecule has 1 saturated carbocycles. The molecule has 1 aliphatic rings. The molecule has 1 amide bonds. The van der Waals surface area contributed by atoms with Gasteiger partial charge in [0, 0.05) is 24.7 Å². The molecule has 7 heteroatoms. The lowest BCUT2D eigenvalue weighted by molar-refractivity contribution is -0.121. The van der Waals surface area contributed by atoms with Gasteiger partial charge >= 0.3 is 5.76 Å². The Morgan fingerprint density at radius 2 is 1.96 bits per heavy atom. The number of hydrogen-bond donors (Lipinski definition) is 1. The summed E-state index contributed by atoms with van der Waals surface area (Å²) in [5.41, 5.74) is 0.585. The summed E-state index contributed by atoms with van der Waals surface area (Å²) in [5.74, 6) is -0.896. The van der Waals surface area contributed by atoms with Gasteiger partial charge in [0.2, 0.25) is 5.91 Å². The van der Waals surface area contributed by atoms with E-state index >= 15 is 0 Å². The summed E-state index contributed by atoms with van der Waals surface area (Å²) >= 11 is 0. The number of oxazole rings is 1. The van der Waals surface area contributed by atoms with Crippen LogP contribution in [0, 0.1) is 5.82 Å². The van der Waals surface area contributed by atoms with E-state index in [0.717, 1.165) is 6.54 Å². The molecular weight excluding hydrogens is 349 g/mol. The number of hydrogen-bond acceptors (Lipinski definition) is 4. The first-order valence-electron chi connectivity index (χ1n) is 9.46. The van der Waals surface area contributed by atoms with Crippen molar-refractivity contribution < 1.29 is 13.6 Å². The van der Waals surface area contributed by atoms with E-state index in [2.05, 4.69) is 17.3 Å². The number of aromatic nitrogens is 1. The molecule has 0 saturated heterocycles. The van der Waals surface area contributed by atoms with Crippen LogP contribution in [0.5, 0.6) is 0 Å². The van der Waals surface area contributed by atoms with Crippen molar-refractivity contribution in [3.05, 3.63) is 46.8 Å². The summed E-state index contributed by atoms with van der Waals surface area (Å²) in [4.78, 5) is 26.4. The Hall–Kier alpha value is -2.41. The SMILES string of the molecule is CN(CCNC(=O)Cn1cc(-c2ccc(F)cc2)oc1=O)C1CCCCC1. The second-order valence-electron chi connectivity index (χ2n) is 7.12. The molecule has 27 heavy (non-hydrogen) atoms. The number of likely N-dealkylation sites (N-methyl/N-ethyl adjacent to an activating group) is 1. The van der Waals surface area contributed by atoms with Gasteiger partial charge < -0.3 is 14.6 Å². The summed E-state index contributed by atoms with van der Waals surface area (Å²) in [6, 6.07) is 6.24. The van der Waals surface area contributed by atoms with E-state index in [1.54, 1.807) is 0 Å². The maximum atomic E-state index is 13.0. The third-order valence-corrected chi connectivity index (χ3v) is 5.13. The Bertz CT molecular complexity index is 807. The number of nitrogens with one attached hydrogen (secondary N) is 1. The van der Waals surface area contributed by atoms with Crippen LogP contribution >= 0.6 is 0 Å². The van der Waals surface area contributed by atoms with Crippen LogP contribution in [0.3, 0.4) is 0 Å². The number of benzene rings is 1. The van der Waals surface area contributed by atoms with Crippen molar-refractivity contribution in [3.8, 4) is 11.3 Å². The van der Waals surface area contributed by atoms with Crippen LogP contribution in [0.25, 0.3) is 11.3 Å².